The summed E-state index contributed by atoms with van der Waals surface area (Å²) in [5.74, 6) is -0.158. The van der Waals surface area contributed by atoms with Gasteiger partial charge in [0.2, 0.25) is 5.91 Å². The number of nitrogens with zero attached hydrogens (tertiary/aromatic N) is 1. The first kappa shape index (κ1) is 49.5. The third-order valence-corrected chi connectivity index (χ3v) is 9.83. The van der Waals surface area contributed by atoms with E-state index in [4.69, 9.17) is 9.05 Å². The van der Waals surface area contributed by atoms with Crippen LogP contribution in [-0.4, -0.2) is 73.4 Å². The van der Waals surface area contributed by atoms with Crippen LogP contribution in [0.2, 0.25) is 0 Å². The van der Waals surface area contributed by atoms with Gasteiger partial charge in [0.1, 0.15) is 13.2 Å². The predicted octanol–water partition coefficient (Wildman–Crippen LogP) is 10.9. The molecule has 0 fully saturated rings. The van der Waals surface area contributed by atoms with Gasteiger partial charge in [-0.1, -0.05) is 152 Å². The predicted molar refractivity (Wildman–Crippen MR) is 217 cm³/mol. The minimum atomic E-state index is -4.30. The molecule has 0 aromatic carbocycles. The van der Waals surface area contributed by atoms with Crippen molar-refractivity contribution in [3.8, 4) is 0 Å². The van der Waals surface area contributed by atoms with E-state index in [1.807, 2.05) is 21.1 Å². The van der Waals surface area contributed by atoms with Crippen molar-refractivity contribution in [2.75, 3.05) is 40.9 Å². The van der Waals surface area contributed by atoms with Crippen molar-refractivity contribution >= 4 is 13.7 Å². The maximum absolute atomic E-state index is 12.8. The molecule has 0 aromatic rings. The second-order valence-electron chi connectivity index (χ2n) is 15.0. The van der Waals surface area contributed by atoms with Crippen molar-refractivity contribution in [2.45, 2.75) is 174 Å². The topological polar surface area (TPSA) is 105 Å². The van der Waals surface area contributed by atoms with Crippen LogP contribution in [0, 0.1) is 0 Å². The minimum Gasteiger partial charge on any atom is -0.391 e. The van der Waals surface area contributed by atoms with Gasteiger partial charge >= 0.3 is 7.82 Å². The molecule has 9 heteroatoms. The van der Waals surface area contributed by atoms with Gasteiger partial charge < -0.3 is 19.8 Å². The van der Waals surface area contributed by atoms with Gasteiger partial charge in [-0.3, -0.25) is 13.8 Å². The zero-order valence-corrected chi connectivity index (χ0v) is 34.5. The first-order valence-corrected chi connectivity index (χ1v) is 22.0. The van der Waals surface area contributed by atoms with Crippen LogP contribution in [-0.2, 0) is 18.4 Å². The lowest BCUT2D eigenvalue weighted by molar-refractivity contribution is -0.870. The number of rotatable bonds is 36. The van der Waals surface area contributed by atoms with E-state index in [0.29, 0.717) is 23.9 Å². The van der Waals surface area contributed by atoms with Gasteiger partial charge in [-0.15, -0.1) is 0 Å². The van der Waals surface area contributed by atoms with Crippen LogP contribution in [0.3, 0.4) is 0 Å². The zero-order chi connectivity index (χ0) is 37.9. The summed E-state index contributed by atoms with van der Waals surface area (Å²) in [6.45, 7) is 4.68. The maximum atomic E-state index is 12.8. The summed E-state index contributed by atoms with van der Waals surface area (Å²) in [7, 11) is 1.60. The molecule has 0 radical (unpaired) electrons. The van der Waals surface area contributed by atoms with Gasteiger partial charge in [-0.25, -0.2) is 4.57 Å². The van der Waals surface area contributed by atoms with Gasteiger partial charge in [-0.05, 0) is 51.4 Å². The molecule has 3 N–H and O–H groups in total. The molecule has 0 saturated heterocycles. The highest BCUT2D eigenvalue weighted by Crippen LogP contribution is 2.43. The molecule has 3 unspecified atom stereocenters. The number of phosphoric acid groups is 1. The van der Waals surface area contributed by atoms with E-state index in [2.05, 4.69) is 67.8 Å². The number of unbranched alkanes of at least 4 members (excludes halogenated alkanes) is 15. The van der Waals surface area contributed by atoms with Crippen molar-refractivity contribution in [1.82, 2.24) is 5.32 Å². The van der Waals surface area contributed by atoms with Crippen molar-refractivity contribution in [3.63, 3.8) is 0 Å². The van der Waals surface area contributed by atoms with E-state index in [1.54, 1.807) is 0 Å². The number of aliphatic hydroxyl groups excluding tert-OH is 1. The number of allylic oxidation sites excluding steroid dienone is 8. The van der Waals surface area contributed by atoms with Crippen molar-refractivity contribution in [2.24, 2.45) is 0 Å². The average Bonchev–Trinajstić information content (AvgIpc) is 3.07. The average molecular weight is 740 g/mol. The molecule has 51 heavy (non-hydrogen) atoms. The number of aliphatic hydroxyl groups is 1. The summed E-state index contributed by atoms with van der Waals surface area (Å²) < 4.78 is 23.4. The number of quaternary nitrogens is 1. The molecule has 0 rings (SSSR count). The molecule has 0 aromatic heterocycles. The monoisotopic (exact) mass is 740 g/mol. The Kier molecular flexibility index (Phi) is 33.2. The Morgan fingerprint density at radius 2 is 1.18 bits per heavy atom. The van der Waals surface area contributed by atoms with Crippen LogP contribution >= 0.6 is 7.82 Å². The molecule has 8 nitrogen and oxygen atoms in total. The van der Waals surface area contributed by atoms with E-state index in [-0.39, 0.29) is 19.1 Å². The van der Waals surface area contributed by atoms with Crippen molar-refractivity contribution < 1.29 is 32.9 Å². The Balaban J connectivity index is 4.14. The van der Waals surface area contributed by atoms with Crippen LogP contribution < -0.4 is 5.32 Å². The number of carbonyl (C=O) groups is 1. The van der Waals surface area contributed by atoms with Crippen molar-refractivity contribution in [1.29, 1.82) is 0 Å². The van der Waals surface area contributed by atoms with E-state index < -0.39 is 20.0 Å². The lowest BCUT2D eigenvalue weighted by Gasteiger charge is -2.26. The van der Waals surface area contributed by atoms with Gasteiger partial charge in [0.15, 0.2) is 0 Å². The summed E-state index contributed by atoms with van der Waals surface area (Å²) in [5, 5.41) is 13.8. The third-order valence-electron chi connectivity index (χ3n) is 8.84. The third kappa shape index (κ3) is 36.6. The molecule has 1 amide bonds. The lowest BCUT2D eigenvalue weighted by atomic mass is 10.0. The second kappa shape index (κ2) is 34.2. The smallest absolute Gasteiger partial charge is 0.391 e. The lowest BCUT2D eigenvalue weighted by Crippen LogP contribution is -2.46. The number of hydrogen-bond donors (Lipinski definition) is 3. The Hall–Kier alpha value is -1.54. The molecule has 3 atom stereocenters. The Labute approximate surface area is 314 Å². The van der Waals surface area contributed by atoms with E-state index in [9.17, 15) is 19.4 Å². The summed E-state index contributed by atoms with van der Waals surface area (Å²) in [4.78, 5) is 22.9. The van der Waals surface area contributed by atoms with Crippen LogP contribution in [0.5, 0.6) is 0 Å². The number of amides is 1. The largest absolute Gasteiger partial charge is 0.472 e. The fourth-order valence-corrected chi connectivity index (χ4v) is 6.30. The van der Waals surface area contributed by atoms with Crippen LogP contribution in [0.4, 0.5) is 0 Å². The highest BCUT2D eigenvalue weighted by molar-refractivity contribution is 7.47. The standard InChI is InChI=1S/C42H79N2O6P/c1-6-8-10-12-14-15-16-17-18-19-20-21-22-23-24-25-26-27-28-29-30-32-34-36-42(46)43-40(41(45)35-33-31-13-11-9-7-2)39-50-51(47,48)49-38-37-44(3,4)5/h8,10,14-15,17-18,20-21,40-41,45H,6-7,9,11-13,16,19,22-39H2,1-5H3,(H-,43,46,47,48)/p+1/b10-8-,15-14-,18-17-,21-20-. The highest BCUT2D eigenvalue weighted by Gasteiger charge is 2.28. The minimum absolute atomic E-state index is 0.0713. The van der Waals surface area contributed by atoms with Crippen LogP contribution in [0.25, 0.3) is 0 Å². The fraction of sp³-hybridized carbons (Fsp3) is 0.786. The van der Waals surface area contributed by atoms with E-state index >= 15 is 0 Å². The van der Waals surface area contributed by atoms with Crippen LogP contribution in [0.15, 0.2) is 48.6 Å². The summed E-state index contributed by atoms with van der Waals surface area (Å²) >= 11 is 0. The quantitative estimate of drug-likeness (QED) is 0.0256. The number of likely N-dealkylation sites (N-methyl/N-ethyl adjacent to an activating group) is 1. The SMILES string of the molecule is CC/C=C\C/C=C\C/C=C\C/C=C\CCCCCCCCCCCCC(=O)NC(COP(=O)(O)OCC[N+](C)(C)C)C(O)CCCCCCCC. The molecule has 0 aliphatic carbocycles. The first-order chi connectivity index (χ1) is 24.5. The molecule has 298 valence electrons. The normalized spacial score (nSPS) is 15.0. The molecule has 0 saturated carbocycles. The Bertz CT molecular complexity index is 975. The Morgan fingerprint density at radius 1 is 0.686 bits per heavy atom. The number of phosphoric ester groups is 1. The molecule has 0 bridgehead atoms. The van der Waals surface area contributed by atoms with E-state index in [0.717, 1.165) is 64.2 Å². The van der Waals surface area contributed by atoms with Gasteiger partial charge in [0, 0.05) is 6.42 Å². The summed E-state index contributed by atoms with van der Waals surface area (Å²) in [5.41, 5.74) is 0. The molecular weight excluding hydrogens is 659 g/mol. The van der Waals surface area contributed by atoms with Crippen LogP contribution in [0.1, 0.15) is 162 Å². The first-order valence-electron chi connectivity index (χ1n) is 20.5. The molecule has 0 aliphatic rings. The second-order valence-corrected chi connectivity index (χ2v) is 16.4. The van der Waals surface area contributed by atoms with Gasteiger partial charge in [0.05, 0.1) is 39.9 Å². The molecule has 0 heterocycles. The fourth-order valence-electron chi connectivity index (χ4n) is 5.56. The maximum Gasteiger partial charge on any atom is 0.472 e. The van der Waals surface area contributed by atoms with Gasteiger partial charge in [-0.2, -0.15) is 0 Å². The number of hydrogen-bond acceptors (Lipinski definition) is 5. The number of nitrogens with one attached hydrogen (secondary N) is 1. The van der Waals surface area contributed by atoms with Crippen molar-refractivity contribution in [3.05, 3.63) is 48.6 Å². The molecular formula is C42H80N2O6P+. The van der Waals surface area contributed by atoms with E-state index in [1.165, 1.54) is 70.6 Å². The molecule has 0 aliphatic heterocycles. The molecule has 0 spiro atoms. The van der Waals surface area contributed by atoms with Gasteiger partial charge in [0.25, 0.3) is 0 Å². The Morgan fingerprint density at radius 3 is 1.73 bits per heavy atom. The highest BCUT2D eigenvalue weighted by atomic mass is 31.2. The summed E-state index contributed by atoms with van der Waals surface area (Å²) in [6.07, 6.45) is 41.6. The number of carbonyl (C=O) groups excluding carboxylic acids is 1. The summed E-state index contributed by atoms with van der Waals surface area (Å²) in [6, 6.07) is -0.760. The zero-order valence-electron chi connectivity index (χ0n) is 33.6.